The lowest BCUT2D eigenvalue weighted by molar-refractivity contribution is -0.139. The van der Waals surface area contributed by atoms with E-state index in [1.54, 1.807) is 0 Å². The first-order chi connectivity index (χ1) is 8.11. The first-order valence-corrected chi connectivity index (χ1v) is 7.03. The molecule has 0 aliphatic heterocycles. The number of nitrogens with two attached hydrogens (primary N) is 1. The SMILES string of the molecule is CC(C)[C@@H]1C[C@](CN)(CC(=O)O)C[C@@H]1C(C)(C)C. The van der Waals surface area contributed by atoms with Gasteiger partial charge >= 0.3 is 5.97 Å². The Labute approximate surface area is 111 Å². The highest BCUT2D eigenvalue weighted by molar-refractivity contribution is 5.67. The second kappa shape index (κ2) is 5.20. The number of rotatable bonds is 4. The van der Waals surface area contributed by atoms with Crippen LogP contribution in [0, 0.1) is 28.6 Å². The lowest BCUT2D eigenvalue weighted by Crippen LogP contribution is -2.31. The lowest BCUT2D eigenvalue weighted by atomic mass is 9.71. The van der Waals surface area contributed by atoms with E-state index in [0.717, 1.165) is 12.8 Å². The minimum atomic E-state index is -0.711. The van der Waals surface area contributed by atoms with Crippen molar-refractivity contribution < 1.29 is 9.90 Å². The van der Waals surface area contributed by atoms with E-state index in [0.29, 0.717) is 24.3 Å². The topological polar surface area (TPSA) is 63.3 Å². The van der Waals surface area contributed by atoms with Gasteiger partial charge in [0.05, 0.1) is 6.42 Å². The molecule has 106 valence electrons. The summed E-state index contributed by atoms with van der Waals surface area (Å²) in [6.45, 7) is 11.8. The van der Waals surface area contributed by atoms with Gasteiger partial charge in [-0.3, -0.25) is 4.79 Å². The van der Waals surface area contributed by atoms with E-state index in [1.165, 1.54) is 0 Å². The molecule has 3 atom stereocenters. The molecule has 0 aromatic carbocycles. The Kier molecular flexibility index (Phi) is 4.47. The molecule has 0 unspecified atom stereocenters. The maximum atomic E-state index is 11.1. The molecule has 0 bridgehead atoms. The van der Waals surface area contributed by atoms with E-state index >= 15 is 0 Å². The molecule has 1 rings (SSSR count). The monoisotopic (exact) mass is 255 g/mol. The second-order valence-corrected chi connectivity index (χ2v) is 7.56. The summed E-state index contributed by atoms with van der Waals surface area (Å²) in [7, 11) is 0. The van der Waals surface area contributed by atoms with Gasteiger partial charge in [0.1, 0.15) is 0 Å². The van der Waals surface area contributed by atoms with Gasteiger partial charge in [-0.25, -0.2) is 0 Å². The van der Waals surface area contributed by atoms with Crippen molar-refractivity contribution in [2.45, 2.75) is 53.9 Å². The molecule has 3 N–H and O–H groups in total. The zero-order valence-corrected chi connectivity index (χ0v) is 12.5. The van der Waals surface area contributed by atoms with Crippen LogP contribution in [0.15, 0.2) is 0 Å². The Morgan fingerprint density at radius 1 is 1.39 bits per heavy atom. The summed E-state index contributed by atoms with van der Waals surface area (Å²) in [4.78, 5) is 11.1. The minimum Gasteiger partial charge on any atom is -0.481 e. The van der Waals surface area contributed by atoms with Crippen LogP contribution in [0.2, 0.25) is 0 Å². The molecule has 1 aliphatic carbocycles. The van der Waals surface area contributed by atoms with Crippen LogP contribution in [0.3, 0.4) is 0 Å². The van der Waals surface area contributed by atoms with E-state index in [-0.39, 0.29) is 17.3 Å². The maximum Gasteiger partial charge on any atom is 0.303 e. The predicted octanol–water partition coefficient (Wildman–Crippen LogP) is 3.13. The highest BCUT2D eigenvalue weighted by Gasteiger charge is 2.49. The van der Waals surface area contributed by atoms with Gasteiger partial charge in [0, 0.05) is 0 Å². The van der Waals surface area contributed by atoms with E-state index in [2.05, 4.69) is 34.6 Å². The molecule has 3 heteroatoms. The fourth-order valence-corrected chi connectivity index (χ4v) is 3.70. The average molecular weight is 255 g/mol. The quantitative estimate of drug-likeness (QED) is 0.811. The van der Waals surface area contributed by atoms with Crippen LogP contribution in [0.25, 0.3) is 0 Å². The van der Waals surface area contributed by atoms with Crippen LogP contribution in [0.4, 0.5) is 0 Å². The van der Waals surface area contributed by atoms with Gasteiger partial charge in [0.2, 0.25) is 0 Å². The molecule has 0 heterocycles. The third-order valence-corrected chi connectivity index (χ3v) is 4.77. The largest absolute Gasteiger partial charge is 0.481 e. The molecule has 0 amide bonds. The van der Waals surface area contributed by atoms with Gasteiger partial charge in [-0.15, -0.1) is 0 Å². The van der Waals surface area contributed by atoms with Gasteiger partial charge < -0.3 is 10.8 Å². The van der Waals surface area contributed by atoms with Crippen molar-refractivity contribution in [2.75, 3.05) is 6.54 Å². The number of aliphatic carboxylic acids is 1. The molecular formula is C15H29NO2. The molecule has 0 radical (unpaired) electrons. The Hall–Kier alpha value is -0.570. The summed E-state index contributed by atoms with van der Waals surface area (Å²) < 4.78 is 0. The number of hydrogen-bond acceptors (Lipinski definition) is 2. The van der Waals surface area contributed by atoms with E-state index < -0.39 is 5.97 Å². The van der Waals surface area contributed by atoms with E-state index in [4.69, 9.17) is 10.8 Å². The smallest absolute Gasteiger partial charge is 0.303 e. The molecule has 18 heavy (non-hydrogen) atoms. The van der Waals surface area contributed by atoms with Crippen molar-refractivity contribution in [3.05, 3.63) is 0 Å². The number of carboxylic acids is 1. The minimum absolute atomic E-state index is 0.182. The number of carboxylic acid groups (broad SMARTS) is 1. The molecule has 1 aliphatic rings. The molecule has 0 saturated heterocycles. The van der Waals surface area contributed by atoms with Crippen molar-refractivity contribution in [1.82, 2.24) is 0 Å². The van der Waals surface area contributed by atoms with Gasteiger partial charge in [-0.2, -0.15) is 0 Å². The van der Waals surface area contributed by atoms with Crippen LogP contribution in [-0.2, 0) is 4.79 Å². The molecule has 0 aromatic rings. The Balaban J connectivity index is 2.98. The van der Waals surface area contributed by atoms with Crippen LogP contribution in [0.5, 0.6) is 0 Å². The van der Waals surface area contributed by atoms with Crippen LogP contribution in [0.1, 0.15) is 53.9 Å². The molecule has 0 aromatic heterocycles. The van der Waals surface area contributed by atoms with Crippen molar-refractivity contribution in [3.63, 3.8) is 0 Å². The fraction of sp³-hybridized carbons (Fsp3) is 0.933. The van der Waals surface area contributed by atoms with Gasteiger partial charge in [-0.1, -0.05) is 34.6 Å². The van der Waals surface area contributed by atoms with E-state index in [9.17, 15) is 4.79 Å². The third kappa shape index (κ3) is 3.25. The lowest BCUT2D eigenvalue weighted by Gasteiger charge is -2.34. The average Bonchev–Trinajstić information content (AvgIpc) is 2.57. The maximum absolute atomic E-state index is 11.1. The Morgan fingerprint density at radius 3 is 2.22 bits per heavy atom. The van der Waals surface area contributed by atoms with Crippen molar-refractivity contribution in [3.8, 4) is 0 Å². The third-order valence-electron chi connectivity index (χ3n) is 4.77. The van der Waals surface area contributed by atoms with Crippen molar-refractivity contribution in [1.29, 1.82) is 0 Å². The number of hydrogen-bond donors (Lipinski definition) is 2. The first kappa shape index (κ1) is 15.5. The predicted molar refractivity (Wildman–Crippen MR) is 74.2 cm³/mol. The first-order valence-electron chi connectivity index (χ1n) is 7.03. The normalized spacial score (nSPS) is 33.1. The summed E-state index contributed by atoms with van der Waals surface area (Å²) in [6.07, 6.45) is 2.15. The van der Waals surface area contributed by atoms with E-state index in [1.807, 2.05) is 0 Å². The fourth-order valence-electron chi connectivity index (χ4n) is 3.70. The summed E-state index contributed by atoms with van der Waals surface area (Å²) in [5.41, 5.74) is 5.97. The summed E-state index contributed by atoms with van der Waals surface area (Å²) in [6, 6.07) is 0. The summed E-state index contributed by atoms with van der Waals surface area (Å²) in [5.74, 6) is 1.04. The molecule has 1 saturated carbocycles. The van der Waals surface area contributed by atoms with Crippen LogP contribution < -0.4 is 5.73 Å². The molecule has 0 spiro atoms. The van der Waals surface area contributed by atoms with Gasteiger partial charge in [0.15, 0.2) is 0 Å². The molecule has 3 nitrogen and oxygen atoms in total. The Morgan fingerprint density at radius 2 is 1.94 bits per heavy atom. The zero-order chi connectivity index (χ0) is 14.1. The Bertz CT molecular complexity index is 306. The molecular weight excluding hydrogens is 226 g/mol. The van der Waals surface area contributed by atoms with Crippen molar-refractivity contribution in [2.24, 2.45) is 34.3 Å². The summed E-state index contributed by atoms with van der Waals surface area (Å²) >= 11 is 0. The number of carbonyl (C=O) groups is 1. The highest BCUT2D eigenvalue weighted by atomic mass is 16.4. The van der Waals surface area contributed by atoms with Crippen LogP contribution in [-0.4, -0.2) is 17.6 Å². The molecule has 1 fully saturated rings. The standard InChI is InChI=1S/C15H29NO2/c1-10(2)11-6-15(9-16,8-13(17)18)7-12(11)14(3,4)5/h10-12H,6-9,16H2,1-5H3,(H,17,18)/t11-,12-,15+/m0/s1. The summed E-state index contributed by atoms with van der Waals surface area (Å²) in [5, 5.41) is 9.13. The zero-order valence-electron chi connectivity index (χ0n) is 12.5. The van der Waals surface area contributed by atoms with Gasteiger partial charge in [-0.05, 0) is 48.0 Å². The van der Waals surface area contributed by atoms with Crippen LogP contribution >= 0.6 is 0 Å². The van der Waals surface area contributed by atoms with Crippen molar-refractivity contribution >= 4 is 5.97 Å². The van der Waals surface area contributed by atoms with Gasteiger partial charge in [0.25, 0.3) is 0 Å². The second-order valence-electron chi connectivity index (χ2n) is 7.56. The highest BCUT2D eigenvalue weighted by Crippen LogP contribution is 2.55.